The molecule has 1 aliphatic heterocycles. The van der Waals surface area contributed by atoms with Crippen LogP contribution in [0.2, 0.25) is 0 Å². The van der Waals surface area contributed by atoms with Crippen LogP contribution >= 0.6 is 0 Å². The van der Waals surface area contributed by atoms with Gasteiger partial charge in [0.2, 0.25) is 0 Å². The fourth-order valence-electron chi connectivity index (χ4n) is 2.80. The van der Waals surface area contributed by atoms with Gasteiger partial charge in [0, 0.05) is 19.1 Å². The molecule has 1 saturated carbocycles. The Morgan fingerprint density at radius 3 is 2.76 bits per heavy atom. The normalized spacial score (nSPS) is 28.6. The molecule has 4 heteroatoms. The van der Waals surface area contributed by atoms with Crippen LogP contribution in [0.4, 0.5) is 0 Å². The zero-order valence-corrected chi connectivity index (χ0v) is 10.7. The molecule has 0 bridgehead atoms. The highest BCUT2D eigenvalue weighted by atomic mass is 16.5. The van der Waals surface area contributed by atoms with Gasteiger partial charge in [-0.05, 0) is 25.7 Å². The molecular formula is C13H24N2O2. The summed E-state index contributed by atoms with van der Waals surface area (Å²) < 4.78 is 5.45. The summed E-state index contributed by atoms with van der Waals surface area (Å²) in [4.78, 5) is 12.0. The van der Waals surface area contributed by atoms with E-state index >= 15 is 0 Å². The summed E-state index contributed by atoms with van der Waals surface area (Å²) in [6.07, 6.45) is 6.19. The van der Waals surface area contributed by atoms with E-state index in [0.29, 0.717) is 19.1 Å². The van der Waals surface area contributed by atoms with Crippen molar-refractivity contribution in [2.45, 2.75) is 51.2 Å². The molecule has 2 rings (SSSR count). The van der Waals surface area contributed by atoms with Gasteiger partial charge in [-0.2, -0.15) is 0 Å². The van der Waals surface area contributed by atoms with Crippen LogP contribution < -0.4 is 10.6 Å². The molecule has 0 aromatic rings. The number of rotatable bonds is 3. The van der Waals surface area contributed by atoms with Gasteiger partial charge >= 0.3 is 0 Å². The lowest BCUT2D eigenvalue weighted by molar-refractivity contribution is -0.135. The molecule has 1 aliphatic carbocycles. The van der Waals surface area contributed by atoms with Crippen LogP contribution in [0, 0.1) is 5.92 Å². The third-order valence-corrected chi connectivity index (χ3v) is 3.95. The number of carbonyl (C=O) groups is 1. The average Bonchev–Trinajstić information content (AvgIpc) is 2.40. The van der Waals surface area contributed by atoms with Gasteiger partial charge in [0.15, 0.2) is 0 Å². The Kier molecular flexibility index (Phi) is 4.80. The van der Waals surface area contributed by atoms with E-state index in [1.54, 1.807) is 0 Å². The van der Waals surface area contributed by atoms with Crippen LogP contribution in [0.25, 0.3) is 0 Å². The van der Waals surface area contributed by atoms with Crippen LogP contribution in [0.3, 0.4) is 0 Å². The fourth-order valence-corrected chi connectivity index (χ4v) is 2.80. The molecule has 0 aromatic carbocycles. The summed E-state index contributed by atoms with van der Waals surface area (Å²) in [5, 5.41) is 6.30. The van der Waals surface area contributed by atoms with Crippen molar-refractivity contribution in [3.05, 3.63) is 0 Å². The second-order valence-corrected chi connectivity index (χ2v) is 5.26. The van der Waals surface area contributed by atoms with Crippen LogP contribution in [-0.2, 0) is 9.53 Å². The Morgan fingerprint density at radius 2 is 2.12 bits per heavy atom. The highest BCUT2D eigenvalue weighted by Gasteiger charge is 2.26. The topological polar surface area (TPSA) is 50.4 Å². The predicted octanol–water partition coefficient (Wildman–Crippen LogP) is 1.06. The van der Waals surface area contributed by atoms with Crippen molar-refractivity contribution in [3.8, 4) is 0 Å². The maximum Gasteiger partial charge on any atom is 0.250 e. The minimum Gasteiger partial charge on any atom is -0.366 e. The van der Waals surface area contributed by atoms with Gasteiger partial charge in [-0.3, -0.25) is 4.79 Å². The van der Waals surface area contributed by atoms with Crippen molar-refractivity contribution in [3.63, 3.8) is 0 Å². The molecule has 2 fully saturated rings. The van der Waals surface area contributed by atoms with E-state index < -0.39 is 0 Å². The van der Waals surface area contributed by atoms with E-state index in [1.165, 1.54) is 32.1 Å². The summed E-state index contributed by atoms with van der Waals surface area (Å²) in [7, 11) is 0. The Bertz CT molecular complexity index is 246. The maximum absolute atomic E-state index is 12.0. The monoisotopic (exact) mass is 240 g/mol. The molecule has 1 heterocycles. The fraction of sp³-hybridized carbons (Fsp3) is 0.923. The molecule has 4 nitrogen and oxygen atoms in total. The van der Waals surface area contributed by atoms with Gasteiger partial charge in [-0.25, -0.2) is 0 Å². The van der Waals surface area contributed by atoms with E-state index in [1.807, 2.05) is 0 Å². The summed E-state index contributed by atoms with van der Waals surface area (Å²) in [6, 6.07) is 0.285. The molecule has 0 aromatic heterocycles. The molecule has 2 N–H and O–H groups in total. The van der Waals surface area contributed by atoms with Gasteiger partial charge < -0.3 is 15.4 Å². The Balaban J connectivity index is 1.76. The lowest BCUT2D eigenvalue weighted by atomic mass is 9.84. The quantitative estimate of drug-likeness (QED) is 0.775. The van der Waals surface area contributed by atoms with Gasteiger partial charge in [-0.1, -0.05) is 19.3 Å². The van der Waals surface area contributed by atoms with Gasteiger partial charge in [-0.15, -0.1) is 0 Å². The summed E-state index contributed by atoms with van der Waals surface area (Å²) in [5.41, 5.74) is 0. The first-order valence-corrected chi connectivity index (χ1v) is 6.90. The van der Waals surface area contributed by atoms with Gasteiger partial charge in [0.1, 0.15) is 6.10 Å². The van der Waals surface area contributed by atoms with Crippen molar-refractivity contribution in [2.75, 3.05) is 19.7 Å². The standard InChI is InChI=1S/C13H24N2O2/c1-10(11-5-3-2-4-6-11)15-13(16)12-9-14-7-8-17-12/h10-12,14H,2-9H2,1H3,(H,15,16). The number of hydrogen-bond acceptors (Lipinski definition) is 3. The number of nitrogens with one attached hydrogen (secondary N) is 2. The van der Waals surface area contributed by atoms with Crippen molar-refractivity contribution in [2.24, 2.45) is 5.92 Å². The van der Waals surface area contributed by atoms with Crippen LogP contribution in [-0.4, -0.2) is 37.7 Å². The summed E-state index contributed by atoms with van der Waals surface area (Å²) in [5.74, 6) is 0.708. The molecule has 0 radical (unpaired) electrons. The lowest BCUT2D eigenvalue weighted by Gasteiger charge is -2.30. The third kappa shape index (κ3) is 3.68. The zero-order valence-electron chi connectivity index (χ0n) is 10.7. The Labute approximate surface area is 103 Å². The summed E-state index contributed by atoms with van der Waals surface area (Å²) >= 11 is 0. The zero-order chi connectivity index (χ0) is 12.1. The second-order valence-electron chi connectivity index (χ2n) is 5.26. The molecule has 2 unspecified atom stereocenters. The minimum absolute atomic E-state index is 0.0512. The first-order valence-electron chi connectivity index (χ1n) is 6.90. The first kappa shape index (κ1) is 12.8. The van der Waals surface area contributed by atoms with E-state index in [2.05, 4.69) is 17.6 Å². The number of amides is 1. The Hall–Kier alpha value is -0.610. The molecule has 1 amide bonds. The highest BCUT2D eigenvalue weighted by Crippen LogP contribution is 2.26. The molecule has 1 saturated heterocycles. The van der Waals surface area contributed by atoms with E-state index in [4.69, 9.17) is 4.74 Å². The SMILES string of the molecule is CC(NC(=O)C1CNCCO1)C1CCCCC1. The number of hydrogen-bond donors (Lipinski definition) is 2. The molecule has 98 valence electrons. The Morgan fingerprint density at radius 1 is 1.35 bits per heavy atom. The van der Waals surface area contributed by atoms with E-state index in [0.717, 1.165) is 6.54 Å². The predicted molar refractivity (Wildman–Crippen MR) is 66.8 cm³/mol. The third-order valence-electron chi connectivity index (χ3n) is 3.95. The molecule has 17 heavy (non-hydrogen) atoms. The number of carbonyl (C=O) groups excluding carboxylic acids is 1. The number of morpholine rings is 1. The van der Waals surface area contributed by atoms with Crippen molar-refractivity contribution < 1.29 is 9.53 Å². The van der Waals surface area contributed by atoms with Crippen molar-refractivity contribution in [1.82, 2.24) is 10.6 Å². The molecule has 2 atom stereocenters. The van der Waals surface area contributed by atoms with E-state index in [9.17, 15) is 4.79 Å². The highest BCUT2D eigenvalue weighted by molar-refractivity contribution is 5.81. The van der Waals surface area contributed by atoms with Crippen LogP contribution in [0.5, 0.6) is 0 Å². The summed E-state index contributed by atoms with van der Waals surface area (Å²) in [6.45, 7) is 4.26. The second kappa shape index (κ2) is 6.36. The van der Waals surface area contributed by atoms with Crippen molar-refractivity contribution >= 4 is 5.91 Å². The molecule has 2 aliphatic rings. The number of ether oxygens (including phenoxy) is 1. The molecular weight excluding hydrogens is 216 g/mol. The molecule has 0 spiro atoms. The van der Waals surface area contributed by atoms with Gasteiger partial charge in [0.05, 0.1) is 6.61 Å². The van der Waals surface area contributed by atoms with Crippen LogP contribution in [0.1, 0.15) is 39.0 Å². The lowest BCUT2D eigenvalue weighted by Crippen LogP contribution is -2.51. The largest absolute Gasteiger partial charge is 0.366 e. The van der Waals surface area contributed by atoms with E-state index in [-0.39, 0.29) is 18.1 Å². The maximum atomic E-state index is 12.0. The van der Waals surface area contributed by atoms with Crippen LogP contribution in [0.15, 0.2) is 0 Å². The minimum atomic E-state index is -0.296. The average molecular weight is 240 g/mol. The smallest absolute Gasteiger partial charge is 0.250 e. The first-order chi connectivity index (χ1) is 8.27. The van der Waals surface area contributed by atoms with Gasteiger partial charge in [0.25, 0.3) is 5.91 Å². The van der Waals surface area contributed by atoms with Crippen molar-refractivity contribution in [1.29, 1.82) is 0 Å².